The number of rotatable bonds is 15. The highest BCUT2D eigenvalue weighted by Crippen LogP contribution is 2.35. The van der Waals surface area contributed by atoms with Crippen molar-refractivity contribution in [1.82, 2.24) is 36.1 Å². The number of amides is 5. The number of likely N-dealkylation sites (tertiary alicyclic amines) is 1. The van der Waals surface area contributed by atoms with Crippen LogP contribution in [0.5, 0.6) is 0 Å². The third kappa shape index (κ3) is 10.3. The Morgan fingerprint density at radius 3 is 2.18 bits per heavy atom. The van der Waals surface area contributed by atoms with E-state index in [0.29, 0.717) is 32.4 Å². The van der Waals surface area contributed by atoms with Crippen molar-refractivity contribution < 1.29 is 28.8 Å². The molecule has 0 aromatic carbocycles. The first-order chi connectivity index (χ1) is 24.2. The van der Waals surface area contributed by atoms with E-state index < -0.39 is 64.9 Å². The Balaban J connectivity index is 1.58. The number of carbonyl (C=O) groups excluding carboxylic acids is 6. The fraction of sp³-hybridized carbons (Fsp3) is 0.737. The molecule has 1 saturated heterocycles. The van der Waals surface area contributed by atoms with Crippen LogP contribution in [0.4, 0.5) is 0 Å². The minimum absolute atomic E-state index is 0.0434. The first-order valence-electron chi connectivity index (χ1n) is 19.0. The van der Waals surface area contributed by atoms with Crippen LogP contribution in [0.15, 0.2) is 18.6 Å². The van der Waals surface area contributed by atoms with Crippen LogP contribution in [0.1, 0.15) is 123 Å². The maximum atomic E-state index is 14.6. The zero-order valence-electron chi connectivity index (χ0n) is 31.3. The van der Waals surface area contributed by atoms with Gasteiger partial charge >= 0.3 is 0 Å². The summed E-state index contributed by atoms with van der Waals surface area (Å²) in [6.07, 6.45) is 13.2. The quantitative estimate of drug-likeness (QED) is 0.200. The number of nitrogens with one attached hydrogen (secondary N) is 4. The van der Waals surface area contributed by atoms with E-state index in [1.165, 1.54) is 18.6 Å². The van der Waals surface area contributed by atoms with Crippen molar-refractivity contribution in [2.45, 2.75) is 136 Å². The highest BCUT2D eigenvalue weighted by molar-refractivity contribution is 6.38. The normalized spacial score (nSPS) is 21.6. The Labute approximate surface area is 302 Å². The van der Waals surface area contributed by atoms with Crippen LogP contribution in [0.25, 0.3) is 0 Å². The molecule has 0 spiro atoms. The molecule has 2 aliphatic carbocycles. The summed E-state index contributed by atoms with van der Waals surface area (Å²) >= 11 is 0. The molecule has 0 bridgehead atoms. The van der Waals surface area contributed by atoms with Gasteiger partial charge in [0.05, 0.1) is 12.2 Å². The minimum atomic E-state index is -1.02. The highest BCUT2D eigenvalue weighted by atomic mass is 16.2. The lowest BCUT2D eigenvalue weighted by Gasteiger charge is -2.38. The molecule has 1 aromatic rings. The largest absolute Gasteiger partial charge is 0.349 e. The lowest BCUT2D eigenvalue weighted by atomic mass is 9.79. The van der Waals surface area contributed by atoms with E-state index in [-0.39, 0.29) is 29.4 Å². The van der Waals surface area contributed by atoms with E-state index >= 15 is 0 Å². The van der Waals surface area contributed by atoms with Crippen molar-refractivity contribution >= 4 is 35.3 Å². The number of hydrogen-bond donors (Lipinski definition) is 4. The van der Waals surface area contributed by atoms with Gasteiger partial charge in [-0.2, -0.15) is 0 Å². The fourth-order valence-corrected chi connectivity index (χ4v) is 7.67. The van der Waals surface area contributed by atoms with E-state index in [9.17, 15) is 28.8 Å². The summed E-state index contributed by atoms with van der Waals surface area (Å²) < 4.78 is 0. The molecule has 5 atom stereocenters. The van der Waals surface area contributed by atoms with Crippen molar-refractivity contribution in [2.24, 2.45) is 29.1 Å². The third-order valence-corrected chi connectivity index (χ3v) is 10.9. The Morgan fingerprint density at radius 2 is 1.61 bits per heavy atom. The molecule has 1 aromatic heterocycles. The number of Topliss-reactive ketones (excluding diaryl/α,β-unsaturated/α-hetero) is 1. The molecule has 51 heavy (non-hydrogen) atoms. The predicted octanol–water partition coefficient (Wildman–Crippen LogP) is 3.33. The molecule has 2 saturated carbocycles. The van der Waals surface area contributed by atoms with Gasteiger partial charge in [-0.3, -0.25) is 33.8 Å². The second-order valence-corrected chi connectivity index (χ2v) is 16.1. The first-order valence-corrected chi connectivity index (χ1v) is 19.0. The number of ketones is 1. The lowest BCUT2D eigenvalue weighted by molar-refractivity contribution is -0.146. The van der Waals surface area contributed by atoms with Crippen LogP contribution >= 0.6 is 0 Å². The van der Waals surface area contributed by atoms with Crippen LogP contribution in [0, 0.1) is 29.1 Å². The van der Waals surface area contributed by atoms with E-state index in [1.54, 1.807) is 4.90 Å². The summed E-state index contributed by atoms with van der Waals surface area (Å²) in [4.78, 5) is 92.0. The van der Waals surface area contributed by atoms with Gasteiger partial charge in [0.15, 0.2) is 0 Å². The van der Waals surface area contributed by atoms with Crippen molar-refractivity contribution in [1.29, 1.82) is 0 Å². The van der Waals surface area contributed by atoms with Crippen LogP contribution in [0.3, 0.4) is 0 Å². The van der Waals surface area contributed by atoms with Crippen molar-refractivity contribution in [3.63, 3.8) is 0 Å². The Morgan fingerprint density at radius 1 is 0.902 bits per heavy atom. The molecule has 13 nitrogen and oxygen atoms in total. The summed E-state index contributed by atoms with van der Waals surface area (Å²) in [5, 5.41) is 11.5. The van der Waals surface area contributed by atoms with Crippen molar-refractivity contribution in [3.05, 3.63) is 24.3 Å². The Bertz CT molecular complexity index is 1390. The van der Waals surface area contributed by atoms with Gasteiger partial charge in [0, 0.05) is 25.5 Å². The molecular formula is C38H59N7O6. The summed E-state index contributed by atoms with van der Waals surface area (Å²) in [5.41, 5.74) is -0.660. The van der Waals surface area contributed by atoms with E-state index in [0.717, 1.165) is 51.4 Å². The smallest absolute Gasteiger partial charge is 0.289 e. The molecule has 13 heteroatoms. The standard InChI is InChI=1S/C38H59N7O6/c1-7-17-41-36(50)31(46)27(21-24-12-11-13-24)42-35(49)30-26(23(2)3)16-20-45(30)37(51)32(38(4,5)6)44-34(48)29(25-14-9-8-10-15-25)43-33(47)28-22-39-18-19-40-28/h18-19,22-27,29-30,32H,7-17,20-21H2,1-6H3,(H,41,50)(H,42,49)(H,43,47)(H,44,48)/t26-,27?,29+,30+,32-/m1/s1. The van der Waals surface area contributed by atoms with Gasteiger partial charge in [-0.25, -0.2) is 4.98 Å². The van der Waals surface area contributed by atoms with Crippen LogP contribution in [-0.4, -0.2) is 87.4 Å². The summed E-state index contributed by atoms with van der Waals surface area (Å²) in [6.45, 7) is 12.1. The molecular weight excluding hydrogens is 650 g/mol. The molecule has 282 valence electrons. The number of aromatic nitrogens is 2. The number of hydrogen-bond acceptors (Lipinski definition) is 8. The van der Waals surface area contributed by atoms with Gasteiger partial charge in [-0.1, -0.05) is 80.1 Å². The number of carbonyl (C=O) groups is 6. The van der Waals surface area contributed by atoms with Crippen LogP contribution in [-0.2, 0) is 24.0 Å². The van der Waals surface area contributed by atoms with Crippen LogP contribution < -0.4 is 21.3 Å². The van der Waals surface area contributed by atoms with Gasteiger partial charge in [0.1, 0.15) is 23.8 Å². The highest BCUT2D eigenvalue weighted by Gasteiger charge is 2.48. The van der Waals surface area contributed by atoms with Gasteiger partial charge in [-0.05, 0) is 61.2 Å². The van der Waals surface area contributed by atoms with E-state index in [1.807, 2.05) is 41.5 Å². The molecule has 0 radical (unpaired) electrons. The molecule has 2 heterocycles. The number of nitrogens with zero attached hydrogens (tertiary/aromatic N) is 3. The molecule has 5 amide bonds. The lowest BCUT2D eigenvalue weighted by Crippen LogP contribution is -2.62. The predicted molar refractivity (Wildman–Crippen MR) is 192 cm³/mol. The Hall–Kier alpha value is -3.90. The first kappa shape index (κ1) is 39.9. The van der Waals surface area contributed by atoms with Gasteiger partial charge in [-0.15, -0.1) is 0 Å². The maximum Gasteiger partial charge on any atom is 0.289 e. The fourth-order valence-electron chi connectivity index (χ4n) is 7.67. The average Bonchev–Trinajstić information content (AvgIpc) is 3.55. The zero-order chi connectivity index (χ0) is 37.3. The monoisotopic (exact) mass is 709 g/mol. The average molecular weight is 710 g/mol. The summed E-state index contributed by atoms with van der Waals surface area (Å²) in [6, 6.07) is -3.79. The Kier molecular flexibility index (Phi) is 14.1. The minimum Gasteiger partial charge on any atom is -0.349 e. The second kappa shape index (κ2) is 18.0. The van der Waals surface area contributed by atoms with Gasteiger partial charge in [0.2, 0.25) is 23.5 Å². The molecule has 4 rings (SSSR count). The summed E-state index contributed by atoms with van der Waals surface area (Å²) in [7, 11) is 0. The molecule has 1 unspecified atom stereocenters. The van der Waals surface area contributed by atoms with E-state index in [4.69, 9.17) is 0 Å². The van der Waals surface area contributed by atoms with Crippen molar-refractivity contribution in [2.75, 3.05) is 13.1 Å². The third-order valence-electron chi connectivity index (χ3n) is 10.9. The second-order valence-electron chi connectivity index (χ2n) is 16.1. The topological polar surface area (TPSA) is 180 Å². The molecule has 1 aliphatic heterocycles. The molecule has 4 N–H and O–H groups in total. The van der Waals surface area contributed by atoms with Crippen LogP contribution in [0.2, 0.25) is 0 Å². The van der Waals surface area contributed by atoms with Crippen molar-refractivity contribution in [3.8, 4) is 0 Å². The zero-order valence-corrected chi connectivity index (χ0v) is 31.3. The van der Waals surface area contributed by atoms with Gasteiger partial charge in [0.25, 0.3) is 11.8 Å². The molecule has 3 fully saturated rings. The maximum absolute atomic E-state index is 14.6. The molecule has 3 aliphatic rings. The SMILES string of the molecule is CCCNC(=O)C(=O)C(CC1CCC1)NC(=O)[C@@H]1[C@@H](C(C)C)CCN1C(=O)[C@@H](NC(=O)[C@@H](NC(=O)c1cnccn1)C1CCCCC1)C(C)(C)C. The van der Waals surface area contributed by atoms with Gasteiger partial charge < -0.3 is 26.2 Å². The summed E-state index contributed by atoms with van der Waals surface area (Å²) in [5.74, 6) is -3.25. The van der Waals surface area contributed by atoms with E-state index in [2.05, 4.69) is 31.2 Å².